The summed E-state index contributed by atoms with van der Waals surface area (Å²) < 4.78 is 10.6. The SMILES string of the molecule is COc1ccc(C(C)NC(C)c2ncn[nH]2)c(OC)c1. The van der Waals surface area contributed by atoms with E-state index in [1.54, 1.807) is 14.2 Å². The normalized spacial score (nSPS) is 13.8. The molecule has 2 N–H and O–H groups in total. The van der Waals surface area contributed by atoms with Crippen LogP contribution in [0, 0.1) is 0 Å². The van der Waals surface area contributed by atoms with Crippen molar-refractivity contribution in [2.45, 2.75) is 25.9 Å². The largest absolute Gasteiger partial charge is 0.497 e. The summed E-state index contributed by atoms with van der Waals surface area (Å²) in [5.41, 5.74) is 1.07. The Morgan fingerprint density at radius 2 is 1.95 bits per heavy atom. The van der Waals surface area contributed by atoms with Crippen LogP contribution in [0.15, 0.2) is 24.5 Å². The van der Waals surface area contributed by atoms with Gasteiger partial charge >= 0.3 is 0 Å². The molecule has 0 fully saturated rings. The first-order valence-electron chi connectivity index (χ1n) is 6.49. The highest BCUT2D eigenvalue weighted by molar-refractivity contribution is 5.42. The molecular weight excluding hydrogens is 256 g/mol. The molecule has 0 bridgehead atoms. The zero-order valence-electron chi connectivity index (χ0n) is 12.2. The lowest BCUT2D eigenvalue weighted by Gasteiger charge is -2.21. The van der Waals surface area contributed by atoms with Gasteiger partial charge in [-0.05, 0) is 19.9 Å². The topological polar surface area (TPSA) is 72.1 Å². The molecule has 6 heteroatoms. The van der Waals surface area contributed by atoms with Crippen LogP contribution in [-0.2, 0) is 0 Å². The number of hydrogen-bond acceptors (Lipinski definition) is 5. The fraction of sp³-hybridized carbons (Fsp3) is 0.429. The zero-order chi connectivity index (χ0) is 14.5. The first-order valence-corrected chi connectivity index (χ1v) is 6.49. The second-order valence-corrected chi connectivity index (χ2v) is 4.59. The third kappa shape index (κ3) is 3.08. The van der Waals surface area contributed by atoms with E-state index in [0.717, 1.165) is 22.9 Å². The van der Waals surface area contributed by atoms with Crippen LogP contribution in [0.3, 0.4) is 0 Å². The number of rotatable bonds is 6. The molecule has 108 valence electrons. The summed E-state index contributed by atoms with van der Waals surface area (Å²) in [6.45, 7) is 4.12. The number of H-pyrrole nitrogens is 1. The lowest BCUT2D eigenvalue weighted by molar-refractivity contribution is 0.382. The lowest BCUT2D eigenvalue weighted by atomic mass is 10.1. The minimum absolute atomic E-state index is 0.0688. The summed E-state index contributed by atoms with van der Waals surface area (Å²) in [6, 6.07) is 5.99. The molecule has 0 saturated heterocycles. The number of ether oxygens (including phenoxy) is 2. The van der Waals surface area contributed by atoms with E-state index in [0.29, 0.717) is 0 Å². The Labute approximate surface area is 118 Å². The first kappa shape index (κ1) is 14.3. The average Bonchev–Trinajstić information content (AvgIpc) is 3.00. The molecule has 0 aliphatic heterocycles. The van der Waals surface area contributed by atoms with Crippen LogP contribution >= 0.6 is 0 Å². The Hall–Kier alpha value is -2.08. The highest BCUT2D eigenvalue weighted by Gasteiger charge is 2.16. The van der Waals surface area contributed by atoms with E-state index in [9.17, 15) is 0 Å². The van der Waals surface area contributed by atoms with Gasteiger partial charge in [-0.25, -0.2) is 4.98 Å². The highest BCUT2D eigenvalue weighted by Crippen LogP contribution is 2.30. The number of benzene rings is 1. The monoisotopic (exact) mass is 276 g/mol. The van der Waals surface area contributed by atoms with Gasteiger partial charge in [0, 0.05) is 17.7 Å². The lowest BCUT2D eigenvalue weighted by Crippen LogP contribution is -2.23. The number of nitrogens with one attached hydrogen (secondary N) is 2. The van der Waals surface area contributed by atoms with Gasteiger partial charge in [0.1, 0.15) is 23.7 Å². The van der Waals surface area contributed by atoms with E-state index in [2.05, 4.69) is 27.4 Å². The molecule has 2 rings (SSSR count). The summed E-state index contributed by atoms with van der Waals surface area (Å²) in [5, 5.41) is 10.2. The van der Waals surface area contributed by atoms with Crippen LogP contribution in [-0.4, -0.2) is 29.4 Å². The molecule has 1 heterocycles. The van der Waals surface area contributed by atoms with Crippen LogP contribution in [0.25, 0.3) is 0 Å². The van der Waals surface area contributed by atoms with Crippen molar-refractivity contribution in [1.29, 1.82) is 0 Å². The Bertz CT molecular complexity index is 542. The van der Waals surface area contributed by atoms with E-state index in [-0.39, 0.29) is 12.1 Å². The van der Waals surface area contributed by atoms with E-state index in [4.69, 9.17) is 9.47 Å². The van der Waals surface area contributed by atoms with Gasteiger partial charge in [-0.3, -0.25) is 5.10 Å². The second-order valence-electron chi connectivity index (χ2n) is 4.59. The van der Waals surface area contributed by atoms with Gasteiger partial charge in [0.05, 0.1) is 20.3 Å². The summed E-state index contributed by atoms with van der Waals surface area (Å²) in [6.07, 6.45) is 1.51. The maximum absolute atomic E-state index is 5.43. The third-order valence-electron chi connectivity index (χ3n) is 3.25. The van der Waals surface area contributed by atoms with Crippen molar-refractivity contribution < 1.29 is 9.47 Å². The number of aromatic amines is 1. The van der Waals surface area contributed by atoms with Crippen molar-refractivity contribution in [2.75, 3.05) is 14.2 Å². The maximum atomic E-state index is 5.43. The van der Waals surface area contributed by atoms with Gasteiger partial charge in [0.2, 0.25) is 0 Å². The van der Waals surface area contributed by atoms with E-state index in [1.165, 1.54) is 6.33 Å². The van der Waals surface area contributed by atoms with Gasteiger partial charge in [-0.2, -0.15) is 5.10 Å². The molecule has 0 saturated carbocycles. The molecule has 1 aromatic heterocycles. The Kier molecular flexibility index (Phi) is 4.57. The van der Waals surface area contributed by atoms with Crippen LogP contribution in [0.2, 0.25) is 0 Å². The minimum Gasteiger partial charge on any atom is -0.497 e. The molecule has 0 amide bonds. The van der Waals surface area contributed by atoms with Crippen molar-refractivity contribution in [3.63, 3.8) is 0 Å². The van der Waals surface area contributed by atoms with Gasteiger partial charge in [0.25, 0.3) is 0 Å². The smallest absolute Gasteiger partial charge is 0.141 e. The minimum atomic E-state index is 0.0688. The molecule has 0 spiro atoms. The summed E-state index contributed by atoms with van der Waals surface area (Å²) >= 11 is 0. The standard InChI is InChI=1S/C14H20N4O2/c1-9(17-10(2)14-15-8-16-18-14)12-6-5-11(19-3)7-13(12)20-4/h5-10,17H,1-4H3,(H,15,16,18). The van der Waals surface area contributed by atoms with Gasteiger partial charge in [0.15, 0.2) is 0 Å². The van der Waals surface area contributed by atoms with E-state index < -0.39 is 0 Å². The number of nitrogens with zero attached hydrogens (tertiary/aromatic N) is 2. The van der Waals surface area contributed by atoms with Crippen molar-refractivity contribution in [1.82, 2.24) is 20.5 Å². The molecule has 2 aromatic rings. The molecule has 6 nitrogen and oxygen atoms in total. The van der Waals surface area contributed by atoms with Crippen LogP contribution in [0.4, 0.5) is 0 Å². The van der Waals surface area contributed by atoms with Crippen molar-refractivity contribution in [2.24, 2.45) is 0 Å². The molecule has 20 heavy (non-hydrogen) atoms. The molecule has 2 unspecified atom stereocenters. The van der Waals surface area contributed by atoms with Crippen molar-refractivity contribution >= 4 is 0 Å². The van der Waals surface area contributed by atoms with Gasteiger partial charge in [-0.15, -0.1) is 0 Å². The molecule has 0 radical (unpaired) electrons. The Balaban J connectivity index is 2.14. The molecule has 0 aliphatic rings. The summed E-state index contributed by atoms with van der Waals surface area (Å²) in [4.78, 5) is 4.15. The molecule has 0 aliphatic carbocycles. The zero-order valence-corrected chi connectivity index (χ0v) is 12.2. The number of hydrogen-bond donors (Lipinski definition) is 2. The highest BCUT2D eigenvalue weighted by atomic mass is 16.5. The van der Waals surface area contributed by atoms with Crippen LogP contribution in [0.5, 0.6) is 11.5 Å². The van der Waals surface area contributed by atoms with Crippen LogP contribution < -0.4 is 14.8 Å². The van der Waals surface area contributed by atoms with Crippen LogP contribution in [0.1, 0.15) is 37.3 Å². The van der Waals surface area contributed by atoms with Gasteiger partial charge in [-0.1, -0.05) is 6.07 Å². The van der Waals surface area contributed by atoms with Crippen molar-refractivity contribution in [3.05, 3.63) is 35.9 Å². The predicted molar refractivity (Wildman–Crippen MR) is 75.9 cm³/mol. The fourth-order valence-electron chi connectivity index (χ4n) is 2.14. The van der Waals surface area contributed by atoms with Crippen molar-refractivity contribution in [3.8, 4) is 11.5 Å². The second kappa shape index (κ2) is 6.38. The number of methoxy groups -OCH3 is 2. The average molecular weight is 276 g/mol. The molecule has 2 atom stereocenters. The first-order chi connectivity index (χ1) is 9.65. The third-order valence-corrected chi connectivity index (χ3v) is 3.25. The quantitative estimate of drug-likeness (QED) is 0.846. The van der Waals surface area contributed by atoms with Gasteiger partial charge < -0.3 is 14.8 Å². The Morgan fingerprint density at radius 1 is 1.15 bits per heavy atom. The predicted octanol–water partition coefficient (Wildman–Crippen LogP) is 2.23. The Morgan fingerprint density at radius 3 is 2.55 bits per heavy atom. The van der Waals surface area contributed by atoms with E-state index in [1.807, 2.05) is 25.1 Å². The molecular formula is C14H20N4O2. The summed E-state index contributed by atoms with van der Waals surface area (Å²) in [7, 11) is 3.30. The summed E-state index contributed by atoms with van der Waals surface area (Å²) in [5.74, 6) is 2.39. The number of aromatic nitrogens is 3. The van der Waals surface area contributed by atoms with E-state index >= 15 is 0 Å². The molecule has 1 aromatic carbocycles. The fourth-order valence-corrected chi connectivity index (χ4v) is 2.14. The maximum Gasteiger partial charge on any atom is 0.141 e.